The average Bonchev–Trinajstić information content (AvgIpc) is 2.65. The minimum Gasteiger partial charge on any atom is -0.481 e. The van der Waals surface area contributed by atoms with Crippen molar-refractivity contribution in [2.24, 2.45) is 0 Å². The second-order valence-electron chi connectivity index (χ2n) is 3.21. The molecule has 0 N–H and O–H groups in total. The predicted octanol–water partition coefficient (Wildman–Crippen LogP) is 1.22. The Morgan fingerprint density at radius 1 is 1.57 bits per heavy atom. The first-order valence-corrected chi connectivity index (χ1v) is 4.61. The van der Waals surface area contributed by atoms with Crippen LogP contribution < -0.4 is 9.64 Å². The Balaban J connectivity index is 2.26. The number of anilines is 1. The molecule has 1 amide bonds. The smallest absolute Gasteiger partial charge is 0.227 e. The first-order chi connectivity index (χ1) is 6.81. The maximum Gasteiger partial charge on any atom is 0.227 e. The molecule has 0 bridgehead atoms. The van der Waals surface area contributed by atoms with Crippen molar-refractivity contribution in [3.63, 3.8) is 0 Å². The van der Waals surface area contributed by atoms with Crippen LogP contribution in [0.4, 0.5) is 5.69 Å². The number of carbonyl (C=O) groups is 1. The fourth-order valence-electron chi connectivity index (χ4n) is 1.60. The molecule has 14 heavy (non-hydrogen) atoms. The van der Waals surface area contributed by atoms with Crippen LogP contribution >= 0.6 is 0 Å². The number of rotatable bonds is 2. The highest BCUT2D eigenvalue weighted by Gasteiger charge is 2.21. The Morgan fingerprint density at radius 2 is 2.43 bits per heavy atom. The van der Waals surface area contributed by atoms with E-state index in [0.29, 0.717) is 12.3 Å². The Bertz CT molecular complexity index is 352. The van der Waals surface area contributed by atoms with Crippen LogP contribution in [0.2, 0.25) is 0 Å². The van der Waals surface area contributed by atoms with Crippen LogP contribution in [0.15, 0.2) is 18.3 Å². The van der Waals surface area contributed by atoms with Crippen molar-refractivity contribution in [1.29, 1.82) is 0 Å². The standard InChI is InChI=1S/C10H12N2O2/c1-14-9-7-8(4-5-11-9)12-6-2-3-10(12)13/h4-5,7H,2-3,6H2,1H3. The van der Waals surface area contributed by atoms with Crippen LogP contribution in [0.25, 0.3) is 0 Å². The van der Waals surface area contributed by atoms with E-state index in [4.69, 9.17) is 4.74 Å². The summed E-state index contributed by atoms with van der Waals surface area (Å²) < 4.78 is 5.00. The molecule has 1 aliphatic heterocycles. The van der Waals surface area contributed by atoms with Gasteiger partial charge in [-0.1, -0.05) is 0 Å². The zero-order chi connectivity index (χ0) is 9.97. The summed E-state index contributed by atoms with van der Waals surface area (Å²) in [7, 11) is 1.57. The van der Waals surface area contributed by atoms with Gasteiger partial charge in [-0.05, 0) is 12.5 Å². The number of hydrogen-bond acceptors (Lipinski definition) is 3. The summed E-state index contributed by atoms with van der Waals surface area (Å²) in [6, 6.07) is 3.61. The highest BCUT2D eigenvalue weighted by atomic mass is 16.5. The Morgan fingerprint density at radius 3 is 3.07 bits per heavy atom. The first kappa shape index (κ1) is 8.99. The lowest BCUT2D eigenvalue weighted by Gasteiger charge is -2.15. The van der Waals surface area contributed by atoms with E-state index >= 15 is 0 Å². The molecule has 1 aromatic heterocycles. The Kier molecular flexibility index (Phi) is 2.35. The molecule has 1 fully saturated rings. The largest absolute Gasteiger partial charge is 0.481 e. The second-order valence-corrected chi connectivity index (χ2v) is 3.21. The van der Waals surface area contributed by atoms with Crippen molar-refractivity contribution < 1.29 is 9.53 Å². The fraction of sp³-hybridized carbons (Fsp3) is 0.400. The molecule has 0 aliphatic carbocycles. The third-order valence-electron chi connectivity index (χ3n) is 2.31. The lowest BCUT2D eigenvalue weighted by molar-refractivity contribution is -0.117. The Hall–Kier alpha value is -1.58. The monoisotopic (exact) mass is 192 g/mol. The van der Waals surface area contributed by atoms with Crippen molar-refractivity contribution >= 4 is 11.6 Å². The number of pyridine rings is 1. The summed E-state index contributed by atoms with van der Waals surface area (Å²) in [5, 5.41) is 0. The number of hydrogen-bond donors (Lipinski definition) is 0. The van der Waals surface area contributed by atoms with Gasteiger partial charge in [0.1, 0.15) is 0 Å². The normalized spacial score (nSPS) is 16.1. The second kappa shape index (κ2) is 3.65. The molecule has 0 saturated carbocycles. The highest BCUT2D eigenvalue weighted by molar-refractivity contribution is 5.95. The van der Waals surface area contributed by atoms with Gasteiger partial charge in [0.25, 0.3) is 0 Å². The molecule has 0 unspecified atom stereocenters. The van der Waals surface area contributed by atoms with Gasteiger partial charge in [-0.2, -0.15) is 0 Å². The zero-order valence-corrected chi connectivity index (χ0v) is 8.06. The van der Waals surface area contributed by atoms with Crippen molar-refractivity contribution in [2.45, 2.75) is 12.8 Å². The van der Waals surface area contributed by atoms with E-state index in [2.05, 4.69) is 4.98 Å². The predicted molar refractivity (Wildman–Crippen MR) is 52.4 cm³/mol. The minimum atomic E-state index is 0.179. The lowest BCUT2D eigenvalue weighted by Crippen LogP contribution is -2.23. The third kappa shape index (κ3) is 1.55. The molecule has 4 heteroatoms. The van der Waals surface area contributed by atoms with Gasteiger partial charge in [0.2, 0.25) is 11.8 Å². The number of nitrogens with zero attached hydrogens (tertiary/aromatic N) is 2. The van der Waals surface area contributed by atoms with E-state index in [1.807, 2.05) is 6.07 Å². The number of aromatic nitrogens is 1. The van der Waals surface area contributed by atoms with E-state index in [1.165, 1.54) is 0 Å². The van der Waals surface area contributed by atoms with E-state index in [-0.39, 0.29) is 5.91 Å². The minimum absolute atomic E-state index is 0.179. The summed E-state index contributed by atoms with van der Waals surface area (Å²) in [6.07, 6.45) is 3.23. The maximum absolute atomic E-state index is 11.4. The van der Waals surface area contributed by atoms with Crippen molar-refractivity contribution in [3.8, 4) is 5.88 Å². The molecule has 0 radical (unpaired) electrons. The van der Waals surface area contributed by atoms with Crippen molar-refractivity contribution in [2.75, 3.05) is 18.6 Å². The fourth-order valence-corrected chi connectivity index (χ4v) is 1.60. The topological polar surface area (TPSA) is 42.4 Å². The van der Waals surface area contributed by atoms with E-state index in [1.54, 1.807) is 24.3 Å². The molecule has 1 saturated heterocycles. The molecule has 1 aliphatic rings. The summed E-state index contributed by atoms with van der Waals surface area (Å²) >= 11 is 0. The van der Waals surface area contributed by atoms with E-state index in [9.17, 15) is 4.79 Å². The van der Waals surface area contributed by atoms with Gasteiger partial charge in [0, 0.05) is 25.2 Å². The summed E-state index contributed by atoms with van der Waals surface area (Å²) in [5.41, 5.74) is 0.874. The van der Waals surface area contributed by atoms with Crippen LogP contribution in [-0.2, 0) is 4.79 Å². The van der Waals surface area contributed by atoms with Crippen LogP contribution in [-0.4, -0.2) is 24.5 Å². The van der Waals surface area contributed by atoms with Crippen molar-refractivity contribution in [3.05, 3.63) is 18.3 Å². The third-order valence-corrected chi connectivity index (χ3v) is 2.31. The molecule has 4 nitrogen and oxygen atoms in total. The highest BCUT2D eigenvalue weighted by Crippen LogP contribution is 2.23. The molecular weight excluding hydrogens is 180 g/mol. The number of amides is 1. The van der Waals surface area contributed by atoms with Crippen LogP contribution in [0.3, 0.4) is 0 Å². The quantitative estimate of drug-likeness (QED) is 0.707. The van der Waals surface area contributed by atoms with Crippen molar-refractivity contribution in [1.82, 2.24) is 4.98 Å². The SMILES string of the molecule is COc1cc(N2CCCC2=O)ccn1. The molecule has 0 spiro atoms. The average molecular weight is 192 g/mol. The van der Waals surface area contributed by atoms with Crippen LogP contribution in [0.1, 0.15) is 12.8 Å². The van der Waals surface area contributed by atoms with Gasteiger partial charge in [0.15, 0.2) is 0 Å². The number of carbonyl (C=O) groups excluding carboxylic acids is 1. The summed E-state index contributed by atoms with van der Waals surface area (Å²) in [4.78, 5) is 17.2. The summed E-state index contributed by atoms with van der Waals surface area (Å²) in [5.74, 6) is 0.723. The molecule has 0 aromatic carbocycles. The van der Waals surface area contributed by atoms with Gasteiger partial charge >= 0.3 is 0 Å². The van der Waals surface area contributed by atoms with Gasteiger partial charge in [-0.3, -0.25) is 4.79 Å². The molecular formula is C10H12N2O2. The molecule has 2 rings (SSSR count). The molecule has 2 heterocycles. The summed E-state index contributed by atoms with van der Waals surface area (Å²) in [6.45, 7) is 0.798. The molecule has 74 valence electrons. The Labute approximate surface area is 82.5 Å². The molecule has 0 atom stereocenters. The van der Waals surface area contributed by atoms with Crippen LogP contribution in [0.5, 0.6) is 5.88 Å². The lowest BCUT2D eigenvalue weighted by atomic mass is 10.3. The maximum atomic E-state index is 11.4. The van der Waals surface area contributed by atoms with Gasteiger partial charge in [-0.25, -0.2) is 4.98 Å². The number of methoxy groups -OCH3 is 1. The van der Waals surface area contributed by atoms with Gasteiger partial charge in [0.05, 0.1) is 12.8 Å². The number of ether oxygens (including phenoxy) is 1. The molecule has 1 aromatic rings. The zero-order valence-electron chi connectivity index (χ0n) is 8.06. The van der Waals surface area contributed by atoms with Gasteiger partial charge in [-0.15, -0.1) is 0 Å². The van der Waals surface area contributed by atoms with Crippen LogP contribution in [0, 0.1) is 0 Å². The van der Waals surface area contributed by atoms with E-state index in [0.717, 1.165) is 18.7 Å². The van der Waals surface area contributed by atoms with Gasteiger partial charge < -0.3 is 9.64 Å². The first-order valence-electron chi connectivity index (χ1n) is 4.61. The van der Waals surface area contributed by atoms with E-state index < -0.39 is 0 Å².